The summed E-state index contributed by atoms with van der Waals surface area (Å²) in [4.78, 5) is 16.6. The quantitative estimate of drug-likeness (QED) is 0.781. The number of nitrogens with zero attached hydrogens (tertiary/aromatic N) is 2. The van der Waals surface area contributed by atoms with E-state index in [9.17, 15) is 13.6 Å². The molecule has 1 unspecified atom stereocenters. The van der Waals surface area contributed by atoms with Crippen LogP contribution in [0.3, 0.4) is 0 Å². The maximum Gasteiger partial charge on any atom is 0.226 e. The second-order valence-electron chi connectivity index (χ2n) is 6.02. The van der Waals surface area contributed by atoms with Crippen LogP contribution in [0.15, 0.2) is 48.8 Å². The lowest BCUT2D eigenvalue weighted by Crippen LogP contribution is -2.25. The molecule has 0 aliphatic carbocycles. The molecule has 1 amide bonds. The molecule has 2 aromatic carbocycles. The van der Waals surface area contributed by atoms with Gasteiger partial charge in [-0.1, -0.05) is 12.1 Å². The van der Waals surface area contributed by atoms with Gasteiger partial charge in [-0.3, -0.25) is 9.36 Å². The highest BCUT2D eigenvalue weighted by Gasteiger charge is 2.32. The van der Waals surface area contributed by atoms with E-state index in [4.69, 9.17) is 4.74 Å². The Kier molecular flexibility index (Phi) is 3.91. The molecule has 2 heterocycles. The summed E-state index contributed by atoms with van der Waals surface area (Å²) in [5, 5.41) is 2.80. The highest BCUT2D eigenvalue weighted by molar-refractivity contribution is 5.94. The van der Waals surface area contributed by atoms with Gasteiger partial charge in [-0.05, 0) is 23.8 Å². The molecule has 0 saturated carbocycles. The van der Waals surface area contributed by atoms with Crippen LogP contribution in [0.2, 0.25) is 0 Å². The number of ether oxygens (including phenoxy) is 1. The summed E-state index contributed by atoms with van der Waals surface area (Å²) in [5.74, 6) is -1.04. The molecule has 1 aliphatic heterocycles. The third kappa shape index (κ3) is 2.71. The molecule has 1 atom stereocenters. The lowest BCUT2D eigenvalue weighted by molar-refractivity contribution is -0.116. The predicted octanol–water partition coefficient (Wildman–Crippen LogP) is 3.63. The maximum absolute atomic E-state index is 14.3. The monoisotopic (exact) mass is 355 g/mol. The van der Waals surface area contributed by atoms with Crippen LogP contribution in [0.5, 0.6) is 5.75 Å². The number of hydrogen-bond acceptors (Lipinski definition) is 3. The number of rotatable bonds is 3. The minimum Gasteiger partial charge on any atom is -0.497 e. The van der Waals surface area contributed by atoms with Crippen molar-refractivity contribution in [2.45, 2.75) is 12.3 Å². The number of methoxy groups -OCH3 is 1. The Bertz CT molecular complexity index is 1000. The molecule has 1 aromatic heterocycles. The fraction of sp³-hybridized carbons (Fsp3) is 0.158. The third-order valence-electron chi connectivity index (χ3n) is 4.44. The zero-order valence-corrected chi connectivity index (χ0v) is 13.9. The van der Waals surface area contributed by atoms with Crippen LogP contribution in [-0.2, 0) is 4.79 Å². The SMILES string of the molecule is COc1cccc(-n2cnc3c2NC(=O)CC3c2ccc(F)cc2F)c1. The maximum atomic E-state index is 14.3. The molecule has 7 heteroatoms. The summed E-state index contributed by atoms with van der Waals surface area (Å²) in [5.41, 5.74) is 1.54. The smallest absolute Gasteiger partial charge is 0.226 e. The first-order chi connectivity index (χ1) is 12.6. The Balaban J connectivity index is 1.82. The Morgan fingerprint density at radius 1 is 1.23 bits per heavy atom. The number of nitrogens with one attached hydrogen (secondary N) is 1. The summed E-state index contributed by atoms with van der Waals surface area (Å²) >= 11 is 0. The molecule has 26 heavy (non-hydrogen) atoms. The number of benzene rings is 2. The van der Waals surface area contributed by atoms with E-state index in [1.807, 2.05) is 18.2 Å². The van der Waals surface area contributed by atoms with Crippen molar-refractivity contribution in [1.82, 2.24) is 9.55 Å². The Labute approximate surface area is 148 Å². The first-order valence-electron chi connectivity index (χ1n) is 8.03. The van der Waals surface area contributed by atoms with Gasteiger partial charge in [0.15, 0.2) is 0 Å². The zero-order chi connectivity index (χ0) is 18.3. The van der Waals surface area contributed by atoms with Crippen molar-refractivity contribution < 1.29 is 18.3 Å². The average molecular weight is 355 g/mol. The van der Waals surface area contributed by atoms with E-state index in [-0.39, 0.29) is 17.9 Å². The number of carbonyl (C=O) groups is 1. The molecule has 1 N–H and O–H groups in total. The van der Waals surface area contributed by atoms with Crippen LogP contribution in [0, 0.1) is 11.6 Å². The molecule has 132 valence electrons. The lowest BCUT2D eigenvalue weighted by Gasteiger charge is -2.23. The summed E-state index contributed by atoms with van der Waals surface area (Å²) in [6.45, 7) is 0. The minimum absolute atomic E-state index is 0.0463. The molecular weight excluding hydrogens is 340 g/mol. The zero-order valence-electron chi connectivity index (χ0n) is 13.9. The molecule has 1 aliphatic rings. The van der Waals surface area contributed by atoms with Crippen molar-refractivity contribution >= 4 is 11.7 Å². The first-order valence-corrected chi connectivity index (χ1v) is 8.03. The van der Waals surface area contributed by atoms with Crippen molar-refractivity contribution in [3.05, 3.63) is 71.7 Å². The fourth-order valence-electron chi connectivity index (χ4n) is 3.20. The van der Waals surface area contributed by atoms with Crippen LogP contribution in [0.1, 0.15) is 23.6 Å². The highest BCUT2D eigenvalue weighted by atomic mass is 19.1. The van der Waals surface area contributed by atoms with Crippen molar-refractivity contribution in [1.29, 1.82) is 0 Å². The van der Waals surface area contributed by atoms with Gasteiger partial charge in [0.1, 0.15) is 29.5 Å². The number of amides is 1. The largest absolute Gasteiger partial charge is 0.497 e. The van der Waals surface area contributed by atoms with Crippen LogP contribution in [-0.4, -0.2) is 22.6 Å². The molecule has 5 nitrogen and oxygen atoms in total. The number of aromatic nitrogens is 2. The summed E-state index contributed by atoms with van der Waals surface area (Å²) in [6, 6.07) is 10.6. The molecule has 0 radical (unpaired) electrons. The van der Waals surface area contributed by atoms with E-state index in [2.05, 4.69) is 10.3 Å². The number of fused-ring (bicyclic) bond motifs is 1. The van der Waals surface area contributed by atoms with Gasteiger partial charge in [-0.25, -0.2) is 13.8 Å². The van der Waals surface area contributed by atoms with Crippen molar-refractivity contribution in [2.24, 2.45) is 0 Å². The van der Waals surface area contributed by atoms with E-state index < -0.39 is 17.6 Å². The number of hydrogen-bond donors (Lipinski definition) is 1. The summed E-state index contributed by atoms with van der Waals surface area (Å²) in [7, 11) is 1.57. The number of carbonyl (C=O) groups excluding carboxylic acids is 1. The third-order valence-corrected chi connectivity index (χ3v) is 4.44. The molecule has 3 aromatic rings. The fourth-order valence-corrected chi connectivity index (χ4v) is 3.20. The minimum atomic E-state index is -0.688. The molecular formula is C19H15F2N3O2. The summed E-state index contributed by atoms with van der Waals surface area (Å²) < 4.78 is 34.4. The lowest BCUT2D eigenvalue weighted by atomic mass is 9.89. The van der Waals surface area contributed by atoms with Crippen molar-refractivity contribution in [2.75, 3.05) is 12.4 Å². The van der Waals surface area contributed by atoms with E-state index >= 15 is 0 Å². The van der Waals surface area contributed by atoms with E-state index in [1.54, 1.807) is 24.1 Å². The van der Waals surface area contributed by atoms with Gasteiger partial charge in [0.05, 0.1) is 18.5 Å². The predicted molar refractivity (Wildman–Crippen MR) is 91.6 cm³/mol. The second-order valence-corrected chi connectivity index (χ2v) is 6.02. The van der Waals surface area contributed by atoms with Crippen LogP contribution in [0.25, 0.3) is 5.69 Å². The molecule has 0 spiro atoms. The Morgan fingerprint density at radius 3 is 2.85 bits per heavy atom. The highest BCUT2D eigenvalue weighted by Crippen LogP contribution is 2.38. The van der Waals surface area contributed by atoms with Gasteiger partial charge in [-0.2, -0.15) is 0 Å². The van der Waals surface area contributed by atoms with Gasteiger partial charge in [-0.15, -0.1) is 0 Å². The van der Waals surface area contributed by atoms with Crippen molar-refractivity contribution in [3.8, 4) is 11.4 Å². The normalized spacial score (nSPS) is 16.1. The number of halogens is 2. The van der Waals surface area contributed by atoms with Crippen molar-refractivity contribution in [3.63, 3.8) is 0 Å². The Morgan fingerprint density at radius 2 is 2.08 bits per heavy atom. The van der Waals surface area contributed by atoms with Gasteiger partial charge in [0.2, 0.25) is 5.91 Å². The van der Waals surface area contributed by atoms with E-state index in [1.165, 1.54) is 12.1 Å². The molecule has 0 fully saturated rings. The van der Waals surface area contributed by atoms with Crippen LogP contribution in [0.4, 0.5) is 14.6 Å². The molecule has 4 rings (SSSR count). The number of imidazole rings is 1. The van der Waals surface area contributed by atoms with Gasteiger partial charge in [0.25, 0.3) is 0 Å². The van der Waals surface area contributed by atoms with Crippen LogP contribution < -0.4 is 10.1 Å². The molecule has 0 bridgehead atoms. The van der Waals surface area contributed by atoms with Gasteiger partial charge in [0, 0.05) is 24.5 Å². The topological polar surface area (TPSA) is 56.1 Å². The Hall–Kier alpha value is -3.22. The van der Waals surface area contributed by atoms with Gasteiger partial charge < -0.3 is 10.1 Å². The average Bonchev–Trinajstić information content (AvgIpc) is 3.05. The van der Waals surface area contributed by atoms with E-state index in [0.29, 0.717) is 17.3 Å². The standard InChI is InChI=1S/C19H15F2N3O2/c1-26-13-4-2-3-12(8-13)24-10-22-18-15(9-17(25)23-19(18)24)14-6-5-11(20)7-16(14)21/h2-8,10,15H,9H2,1H3,(H,23,25). The van der Waals surface area contributed by atoms with E-state index in [0.717, 1.165) is 11.8 Å². The van der Waals surface area contributed by atoms with Crippen LogP contribution >= 0.6 is 0 Å². The first kappa shape index (κ1) is 16.3. The summed E-state index contributed by atoms with van der Waals surface area (Å²) in [6.07, 6.45) is 1.62. The second kappa shape index (κ2) is 6.25. The molecule has 0 saturated heterocycles. The number of anilines is 1. The van der Waals surface area contributed by atoms with Gasteiger partial charge >= 0.3 is 0 Å².